The summed E-state index contributed by atoms with van der Waals surface area (Å²) in [6.45, 7) is 0. The normalized spacial score (nSPS) is 12.8. The first-order valence-electron chi connectivity index (χ1n) is 4.53. The summed E-state index contributed by atoms with van der Waals surface area (Å²) in [4.78, 5) is 0. The molecule has 2 N–H and O–H groups in total. The van der Waals surface area contributed by atoms with Crippen molar-refractivity contribution < 1.29 is 13.2 Å². The fourth-order valence-electron chi connectivity index (χ4n) is 1.45. The van der Waals surface area contributed by atoms with Gasteiger partial charge in [-0.25, -0.2) is 8.78 Å². The van der Waals surface area contributed by atoms with Crippen LogP contribution in [0, 0.1) is 11.6 Å². The van der Waals surface area contributed by atoms with Crippen LogP contribution in [0.5, 0.6) is 0 Å². The van der Waals surface area contributed by atoms with Gasteiger partial charge in [0, 0.05) is 17.2 Å². The van der Waals surface area contributed by atoms with Gasteiger partial charge in [0.1, 0.15) is 11.6 Å². The zero-order valence-corrected chi connectivity index (χ0v) is 9.67. The van der Waals surface area contributed by atoms with Crippen LogP contribution in [0.3, 0.4) is 0 Å². The highest BCUT2D eigenvalue weighted by molar-refractivity contribution is 9.10. The molecule has 1 aromatic heterocycles. The maximum atomic E-state index is 13.5. The maximum Gasteiger partial charge on any atom is 0.174 e. The molecule has 0 aliphatic carbocycles. The van der Waals surface area contributed by atoms with Crippen molar-refractivity contribution in [1.29, 1.82) is 0 Å². The Morgan fingerprint density at radius 3 is 2.50 bits per heavy atom. The zero-order valence-electron chi connectivity index (χ0n) is 8.08. The van der Waals surface area contributed by atoms with Crippen molar-refractivity contribution >= 4 is 15.9 Å². The van der Waals surface area contributed by atoms with E-state index in [0.717, 1.165) is 6.07 Å². The van der Waals surface area contributed by atoms with E-state index in [9.17, 15) is 8.78 Å². The van der Waals surface area contributed by atoms with Gasteiger partial charge in [-0.2, -0.15) is 0 Å². The van der Waals surface area contributed by atoms with Gasteiger partial charge in [0.25, 0.3) is 0 Å². The second-order valence-corrected chi connectivity index (χ2v) is 4.01. The molecule has 0 fully saturated rings. The van der Waals surface area contributed by atoms with Gasteiger partial charge in [-0.15, -0.1) is 0 Å². The summed E-state index contributed by atoms with van der Waals surface area (Å²) >= 11 is 3.16. The minimum atomic E-state index is -0.686. The second kappa shape index (κ2) is 4.35. The van der Waals surface area contributed by atoms with Crippen molar-refractivity contribution in [2.45, 2.75) is 6.04 Å². The highest BCUT2D eigenvalue weighted by Crippen LogP contribution is 2.29. The maximum absolute atomic E-state index is 13.5. The third-order valence-corrected chi connectivity index (χ3v) is 2.92. The summed E-state index contributed by atoms with van der Waals surface area (Å²) in [5.41, 5.74) is 6.70. The van der Waals surface area contributed by atoms with E-state index in [1.807, 2.05) is 0 Å². The van der Waals surface area contributed by atoms with Crippen LogP contribution in [-0.4, -0.2) is 0 Å². The standard InChI is InChI=1S/C11H8BrF2NO/c12-11-8(3-4-16-11)10(15)7-2-1-6(13)5-9(7)14/h1-5,10H,15H2. The molecule has 0 spiro atoms. The van der Waals surface area contributed by atoms with E-state index in [1.165, 1.54) is 18.4 Å². The predicted molar refractivity (Wildman–Crippen MR) is 58.8 cm³/mol. The lowest BCUT2D eigenvalue weighted by molar-refractivity contribution is 0.531. The Labute approximate surface area is 99.2 Å². The lowest BCUT2D eigenvalue weighted by Crippen LogP contribution is -2.13. The first-order chi connectivity index (χ1) is 7.59. The third kappa shape index (κ3) is 2.01. The van der Waals surface area contributed by atoms with E-state index in [0.29, 0.717) is 10.2 Å². The Kier molecular flexibility index (Phi) is 3.07. The predicted octanol–water partition coefficient (Wildman–Crippen LogP) is 3.37. The van der Waals surface area contributed by atoms with Crippen LogP contribution < -0.4 is 5.73 Å². The summed E-state index contributed by atoms with van der Waals surface area (Å²) in [6.07, 6.45) is 1.45. The highest BCUT2D eigenvalue weighted by Gasteiger charge is 2.18. The Morgan fingerprint density at radius 1 is 1.19 bits per heavy atom. The van der Waals surface area contributed by atoms with Crippen LogP contribution in [0.1, 0.15) is 17.2 Å². The fourth-order valence-corrected chi connectivity index (χ4v) is 1.93. The van der Waals surface area contributed by atoms with Gasteiger partial charge in [0.05, 0.1) is 12.3 Å². The molecule has 0 saturated heterocycles. The molecule has 2 nitrogen and oxygen atoms in total. The molecule has 1 aromatic carbocycles. The molecular formula is C11H8BrF2NO. The van der Waals surface area contributed by atoms with Crippen molar-refractivity contribution in [3.63, 3.8) is 0 Å². The molecule has 1 heterocycles. The van der Waals surface area contributed by atoms with Crippen molar-refractivity contribution in [3.8, 4) is 0 Å². The van der Waals surface area contributed by atoms with Gasteiger partial charge in [-0.3, -0.25) is 0 Å². The van der Waals surface area contributed by atoms with Crippen molar-refractivity contribution in [1.82, 2.24) is 0 Å². The molecule has 2 rings (SSSR count). The van der Waals surface area contributed by atoms with E-state index < -0.39 is 17.7 Å². The first kappa shape index (κ1) is 11.3. The summed E-state index contributed by atoms with van der Waals surface area (Å²) in [5.74, 6) is -1.29. The summed E-state index contributed by atoms with van der Waals surface area (Å²) in [5, 5.41) is 0. The number of halogens is 3. The molecule has 1 atom stereocenters. The molecule has 0 radical (unpaired) electrons. The Morgan fingerprint density at radius 2 is 1.94 bits per heavy atom. The average molecular weight is 288 g/mol. The highest BCUT2D eigenvalue weighted by atomic mass is 79.9. The molecular weight excluding hydrogens is 280 g/mol. The van der Waals surface area contributed by atoms with Crippen LogP contribution in [0.4, 0.5) is 8.78 Å². The van der Waals surface area contributed by atoms with Crippen LogP contribution in [0.2, 0.25) is 0 Å². The zero-order chi connectivity index (χ0) is 11.7. The molecule has 0 aliphatic heterocycles. The number of furan rings is 1. The monoisotopic (exact) mass is 287 g/mol. The molecule has 5 heteroatoms. The number of hydrogen-bond acceptors (Lipinski definition) is 2. The molecule has 16 heavy (non-hydrogen) atoms. The average Bonchev–Trinajstić information content (AvgIpc) is 2.63. The van der Waals surface area contributed by atoms with Gasteiger partial charge in [0.2, 0.25) is 0 Å². The van der Waals surface area contributed by atoms with Crippen LogP contribution in [-0.2, 0) is 0 Å². The molecule has 84 valence electrons. The van der Waals surface area contributed by atoms with E-state index in [1.54, 1.807) is 6.07 Å². The molecule has 0 aliphatic rings. The molecule has 0 saturated carbocycles. The quantitative estimate of drug-likeness (QED) is 0.920. The van der Waals surface area contributed by atoms with Crippen LogP contribution in [0.15, 0.2) is 39.6 Å². The smallest absolute Gasteiger partial charge is 0.174 e. The number of hydrogen-bond donors (Lipinski definition) is 1. The van der Waals surface area contributed by atoms with Crippen LogP contribution in [0.25, 0.3) is 0 Å². The second-order valence-electron chi connectivity index (χ2n) is 3.29. The minimum absolute atomic E-state index is 0.225. The molecule has 2 aromatic rings. The van der Waals surface area contributed by atoms with Gasteiger partial charge in [-0.05, 0) is 28.1 Å². The minimum Gasteiger partial charge on any atom is -0.457 e. The lowest BCUT2D eigenvalue weighted by Gasteiger charge is -2.11. The molecule has 0 amide bonds. The number of benzene rings is 1. The van der Waals surface area contributed by atoms with Crippen molar-refractivity contribution in [2.75, 3.05) is 0 Å². The molecule has 1 unspecified atom stereocenters. The number of nitrogens with two attached hydrogens (primary N) is 1. The van der Waals surface area contributed by atoms with Crippen molar-refractivity contribution in [2.24, 2.45) is 5.73 Å². The number of rotatable bonds is 2. The van der Waals surface area contributed by atoms with Gasteiger partial charge in [-0.1, -0.05) is 6.07 Å². The SMILES string of the molecule is NC(c1ccc(F)cc1F)c1ccoc1Br. The van der Waals surface area contributed by atoms with Gasteiger partial charge >= 0.3 is 0 Å². The Hall–Kier alpha value is -1.20. The van der Waals surface area contributed by atoms with Gasteiger partial charge < -0.3 is 10.2 Å². The Balaban J connectivity index is 2.41. The third-order valence-electron chi connectivity index (χ3n) is 2.28. The van der Waals surface area contributed by atoms with E-state index in [-0.39, 0.29) is 5.56 Å². The van der Waals surface area contributed by atoms with E-state index in [2.05, 4.69) is 15.9 Å². The van der Waals surface area contributed by atoms with E-state index in [4.69, 9.17) is 10.2 Å². The molecule has 0 bridgehead atoms. The Bertz CT molecular complexity index is 512. The largest absolute Gasteiger partial charge is 0.457 e. The summed E-state index contributed by atoms with van der Waals surface area (Å²) < 4.78 is 31.6. The van der Waals surface area contributed by atoms with Crippen LogP contribution >= 0.6 is 15.9 Å². The topological polar surface area (TPSA) is 39.2 Å². The van der Waals surface area contributed by atoms with Crippen molar-refractivity contribution in [3.05, 3.63) is 58.0 Å². The lowest BCUT2D eigenvalue weighted by atomic mass is 10.0. The summed E-state index contributed by atoms with van der Waals surface area (Å²) in [7, 11) is 0. The first-order valence-corrected chi connectivity index (χ1v) is 5.32. The summed E-state index contributed by atoms with van der Waals surface area (Å²) in [6, 6.07) is 4.26. The van der Waals surface area contributed by atoms with Gasteiger partial charge in [0.15, 0.2) is 4.67 Å². The fraction of sp³-hybridized carbons (Fsp3) is 0.0909. The van der Waals surface area contributed by atoms with E-state index >= 15 is 0 Å².